The van der Waals surface area contributed by atoms with Crippen LogP contribution in [0.5, 0.6) is 0 Å². The summed E-state index contributed by atoms with van der Waals surface area (Å²) in [7, 11) is 0. The lowest BCUT2D eigenvalue weighted by atomic mass is 9.88. The summed E-state index contributed by atoms with van der Waals surface area (Å²) in [6, 6.07) is 3.37. The van der Waals surface area contributed by atoms with E-state index in [1.54, 1.807) is 6.92 Å². The third-order valence-corrected chi connectivity index (χ3v) is 3.00. The number of carbonyl (C=O) groups excluding carboxylic acids is 1. The number of amides is 1. The van der Waals surface area contributed by atoms with Crippen LogP contribution in [-0.4, -0.2) is 11.1 Å². The lowest BCUT2D eigenvalue weighted by Crippen LogP contribution is -2.21. The van der Waals surface area contributed by atoms with Crippen molar-refractivity contribution >= 4 is 11.6 Å². The number of aryl methyl sites for hydroxylation is 1. The number of benzene rings is 1. The number of nitrogens with one attached hydrogen (secondary N) is 1. The van der Waals surface area contributed by atoms with Gasteiger partial charge in [-0.25, -0.2) is 8.78 Å². The Labute approximate surface area is 121 Å². The van der Waals surface area contributed by atoms with E-state index in [1.807, 2.05) is 20.8 Å². The second-order valence-corrected chi connectivity index (χ2v) is 5.76. The maximum atomic E-state index is 13.6. The van der Waals surface area contributed by atoms with Gasteiger partial charge in [0.25, 0.3) is 5.91 Å². The predicted octanol–water partition coefficient (Wildman–Crippen LogP) is 3.81. The molecule has 0 unspecified atom stereocenters. The Morgan fingerprint density at radius 3 is 2.33 bits per heavy atom. The molecule has 0 saturated heterocycles. The Morgan fingerprint density at radius 1 is 1.24 bits per heavy atom. The third-order valence-electron chi connectivity index (χ3n) is 3.00. The highest BCUT2D eigenvalue weighted by molar-refractivity contribution is 6.06. The van der Waals surface area contributed by atoms with Crippen molar-refractivity contribution in [2.24, 2.45) is 0 Å². The number of nitrogens with zero attached hydrogens (tertiary/aromatic N) is 1. The molecule has 0 aliphatic carbocycles. The maximum Gasteiger partial charge on any atom is 0.261 e. The highest BCUT2D eigenvalue weighted by Crippen LogP contribution is 2.28. The van der Waals surface area contributed by atoms with E-state index in [0.717, 1.165) is 12.1 Å². The van der Waals surface area contributed by atoms with Gasteiger partial charge in [-0.3, -0.25) is 4.79 Å². The number of halogens is 2. The topological polar surface area (TPSA) is 55.1 Å². The van der Waals surface area contributed by atoms with Gasteiger partial charge in [0.05, 0.1) is 0 Å². The van der Waals surface area contributed by atoms with Crippen molar-refractivity contribution < 1.29 is 18.1 Å². The van der Waals surface area contributed by atoms with Crippen LogP contribution in [0, 0.1) is 18.6 Å². The van der Waals surface area contributed by atoms with Crippen molar-refractivity contribution in [1.29, 1.82) is 0 Å². The first-order chi connectivity index (χ1) is 9.71. The Morgan fingerprint density at radius 2 is 1.81 bits per heavy atom. The fourth-order valence-corrected chi connectivity index (χ4v) is 1.94. The van der Waals surface area contributed by atoms with Gasteiger partial charge in [0.2, 0.25) is 0 Å². The zero-order chi connectivity index (χ0) is 15.8. The lowest BCUT2D eigenvalue weighted by molar-refractivity contribution is 0.102. The first-order valence-corrected chi connectivity index (χ1v) is 6.44. The zero-order valence-corrected chi connectivity index (χ0v) is 12.3. The van der Waals surface area contributed by atoms with E-state index >= 15 is 0 Å². The standard InChI is InChI=1S/C15H16F2N2O2/c1-8-11(13(19-21-8)15(2,3)4)14(20)18-12-9(16)6-5-7-10(12)17/h5-7H,1-4H3,(H,18,20). The fourth-order valence-electron chi connectivity index (χ4n) is 1.94. The lowest BCUT2D eigenvalue weighted by Gasteiger charge is -2.16. The van der Waals surface area contributed by atoms with Gasteiger partial charge in [-0.15, -0.1) is 0 Å². The van der Waals surface area contributed by atoms with Gasteiger partial charge in [-0.05, 0) is 19.1 Å². The SMILES string of the molecule is Cc1onc(C(C)(C)C)c1C(=O)Nc1c(F)cccc1F. The van der Waals surface area contributed by atoms with Crippen LogP contribution in [0.2, 0.25) is 0 Å². The Bertz CT molecular complexity index is 667. The average Bonchev–Trinajstić information content (AvgIpc) is 2.76. The summed E-state index contributed by atoms with van der Waals surface area (Å²) >= 11 is 0. The summed E-state index contributed by atoms with van der Waals surface area (Å²) in [5.74, 6) is -2.03. The molecule has 0 aliphatic heterocycles. The van der Waals surface area contributed by atoms with Crippen molar-refractivity contribution in [1.82, 2.24) is 5.16 Å². The van der Waals surface area contributed by atoms with Crippen LogP contribution in [-0.2, 0) is 5.41 Å². The van der Waals surface area contributed by atoms with Gasteiger partial charge in [0.15, 0.2) is 0 Å². The molecule has 0 bridgehead atoms. The first-order valence-electron chi connectivity index (χ1n) is 6.44. The number of anilines is 1. The van der Waals surface area contributed by atoms with Gasteiger partial charge < -0.3 is 9.84 Å². The molecule has 4 nitrogen and oxygen atoms in total. The smallest absolute Gasteiger partial charge is 0.261 e. The molecule has 1 N–H and O–H groups in total. The molecule has 1 aromatic heterocycles. The zero-order valence-electron chi connectivity index (χ0n) is 12.3. The minimum Gasteiger partial charge on any atom is -0.361 e. The predicted molar refractivity (Wildman–Crippen MR) is 74.3 cm³/mol. The highest BCUT2D eigenvalue weighted by Gasteiger charge is 2.29. The second-order valence-electron chi connectivity index (χ2n) is 5.76. The van der Waals surface area contributed by atoms with E-state index in [9.17, 15) is 13.6 Å². The molecule has 0 saturated carbocycles. The van der Waals surface area contributed by atoms with E-state index in [-0.39, 0.29) is 5.56 Å². The molecule has 2 rings (SSSR count). The molecular weight excluding hydrogens is 278 g/mol. The molecule has 21 heavy (non-hydrogen) atoms. The third kappa shape index (κ3) is 2.94. The molecule has 2 aromatic rings. The van der Waals surface area contributed by atoms with Gasteiger partial charge in [0.1, 0.15) is 34.3 Å². The number of para-hydroxylation sites is 1. The van der Waals surface area contributed by atoms with Gasteiger partial charge in [0, 0.05) is 5.41 Å². The molecule has 0 fully saturated rings. The van der Waals surface area contributed by atoms with Gasteiger partial charge in [-0.2, -0.15) is 0 Å². The minimum atomic E-state index is -0.838. The molecular formula is C15H16F2N2O2. The summed E-state index contributed by atoms with van der Waals surface area (Å²) in [6.07, 6.45) is 0. The quantitative estimate of drug-likeness (QED) is 0.916. The average molecular weight is 294 g/mol. The molecule has 0 aliphatic rings. The molecule has 0 radical (unpaired) electrons. The molecule has 1 aromatic carbocycles. The van der Waals surface area contributed by atoms with Crippen LogP contribution >= 0.6 is 0 Å². The molecule has 6 heteroatoms. The van der Waals surface area contributed by atoms with Crippen LogP contribution < -0.4 is 5.32 Å². The summed E-state index contributed by atoms with van der Waals surface area (Å²) in [5, 5.41) is 6.12. The Balaban J connectivity index is 2.40. The maximum absolute atomic E-state index is 13.6. The van der Waals surface area contributed by atoms with E-state index < -0.39 is 28.6 Å². The minimum absolute atomic E-state index is 0.199. The number of aromatic nitrogens is 1. The monoisotopic (exact) mass is 294 g/mol. The van der Waals surface area contributed by atoms with Crippen LogP contribution in [0.1, 0.15) is 42.6 Å². The van der Waals surface area contributed by atoms with Crippen LogP contribution in [0.25, 0.3) is 0 Å². The van der Waals surface area contributed by atoms with Crippen molar-refractivity contribution in [2.75, 3.05) is 5.32 Å². The van der Waals surface area contributed by atoms with Gasteiger partial charge >= 0.3 is 0 Å². The van der Waals surface area contributed by atoms with Crippen molar-refractivity contribution in [3.8, 4) is 0 Å². The summed E-state index contributed by atoms with van der Waals surface area (Å²) < 4.78 is 32.2. The van der Waals surface area contributed by atoms with Crippen LogP contribution in [0.3, 0.4) is 0 Å². The van der Waals surface area contributed by atoms with Crippen molar-refractivity contribution in [2.45, 2.75) is 33.1 Å². The summed E-state index contributed by atoms with van der Waals surface area (Å²) in [6.45, 7) is 7.18. The van der Waals surface area contributed by atoms with Crippen LogP contribution in [0.15, 0.2) is 22.7 Å². The summed E-state index contributed by atoms with van der Waals surface area (Å²) in [5.41, 5.74) is -0.277. The number of carbonyl (C=O) groups is 1. The second kappa shape index (κ2) is 5.27. The first kappa shape index (κ1) is 15.2. The number of hydrogen-bond acceptors (Lipinski definition) is 3. The summed E-state index contributed by atoms with van der Waals surface area (Å²) in [4.78, 5) is 12.3. The molecule has 0 spiro atoms. The van der Waals surface area contributed by atoms with E-state index in [4.69, 9.17) is 4.52 Å². The van der Waals surface area contributed by atoms with E-state index in [0.29, 0.717) is 11.5 Å². The van der Waals surface area contributed by atoms with E-state index in [1.165, 1.54) is 6.07 Å². The van der Waals surface area contributed by atoms with Crippen molar-refractivity contribution in [3.05, 3.63) is 46.9 Å². The highest BCUT2D eigenvalue weighted by atomic mass is 19.1. The van der Waals surface area contributed by atoms with Gasteiger partial charge in [-0.1, -0.05) is 32.0 Å². The fraction of sp³-hybridized carbons (Fsp3) is 0.333. The number of rotatable bonds is 2. The van der Waals surface area contributed by atoms with E-state index in [2.05, 4.69) is 10.5 Å². The molecule has 1 amide bonds. The molecule has 112 valence electrons. The Hall–Kier alpha value is -2.24. The Kier molecular flexibility index (Phi) is 3.80. The normalized spacial score (nSPS) is 11.5. The molecule has 1 heterocycles. The van der Waals surface area contributed by atoms with Crippen molar-refractivity contribution in [3.63, 3.8) is 0 Å². The molecule has 0 atom stereocenters. The van der Waals surface area contributed by atoms with Crippen LogP contribution in [0.4, 0.5) is 14.5 Å². The number of hydrogen-bond donors (Lipinski definition) is 1. The largest absolute Gasteiger partial charge is 0.361 e.